The number of amides is 2. The molecule has 7 nitrogen and oxygen atoms in total. The van der Waals surface area contributed by atoms with E-state index < -0.39 is 6.09 Å². The lowest BCUT2D eigenvalue weighted by atomic mass is 10.2. The average Bonchev–Trinajstić information content (AvgIpc) is 3.20. The first-order valence-electron chi connectivity index (χ1n) is 8.58. The Kier molecular flexibility index (Phi) is 7.11. The van der Waals surface area contributed by atoms with E-state index in [1.807, 2.05) is 19.1 Å². The number of nitrogens with zero attached hydrogens (tertiary/aromatic N) is 1. The Bertz CT molecular complexity index is 538. The number of alkyl carbamates (subject to hydrolysis) is 1. The van der Waals surface area contributed by atoms with E-state index >= 15 is 0 Å². The van der Waals surface area contributed by atoms with Crippen LogP contribution in [0.5, 0.6) is 0 Å². The molecule has 0 radical (unpaired) electrons. The number of rotatable bonds is 8. The van der Waals surface area contributed by atoms with Gasteiger partial charge in [0.25, 0.3) is 0 Å². The predicted molar refractivity (Wildman–Crippen MR) is 89.6 cm³/mol. The molecule has 1 atom stereocenters. The molecular weight excluding hydrogens is 310 g/mol. The van der Waals surface area contributed by atoms with Gasteiger partial charge in [-0.3, -0.25) is 9.69 Å². The van der Waals surface area contributed by atoms with Crippen LogP contribution in [-0.4, -0.2) is 49.7 Å². The van der Waals surface area contributed by atoms with Gasteiger partial charge in [0.2, 0.25) is 5.91 Å². The van der Waals surface area contributed by atoms with Gasteiger partial charge in [0.15, 0.2) is 0 Å². The number of hydrogen-bond donors (Lipinski definition) is 2. The number of nitrogens with one attached hydrogen (secondary N) is 2. The Hall–Kier alpha value is -2.02. The van der Waals surface area contributed by atoms with E-state index in [1.54, 1.807) is 6.92 Å². The first kappa shape index (κ1) is 18.3. The van der Waals surface area contributed by atoms with Gasteiger partial charge < -0.3 is 19.8 Å². The Morgan fingerprint density at radius 1 is 1.29 bits per heavy atom. The van der Waals surface area contributed by atoms with Crippen molar-refractivity contribution in [2.24, 2.45) is 0 Å². The van der Waals surface area contributed by atoms with Crippen LogP contribution in [0, 0.1) is 6.92 Å². The Labute approximate surface area is 142 Å². The number of carbonyl (C=O) groups excluding carboxylic acids is 2. The molecule has 1 aromatic rings. The molecule has 24 heavy (non-hydrogen) atoms. The van der Waals surface area contributed by atoms with Crippen molar-refractivity contribution in [1.82, 2.24) is 15.5 Å². The molecule has 2 heterocycles. The van der Waals surface area contributed by atoms with Crippen molar-refractivity contribution in [2.45, 2.75) is 39.2 Å². The van der Waals surface area contributed by atoms with Crippen molar-refractivity contribution >= 4 is 12.0 Å². The fourth-order valence-electron chi connectivity index (χ4n) is 2.85. The quantitative estimate of drug-likeness (QED) is 0.758. The predicted octanol–water partition coefficient (Wildman–Crippen LogP) is 1.98. The highest BCUT2D eigenvalue weighted by molar-refractivity contribution is 5.77. The van der Waals surface area contributed by atoms with E-state index in [-0.39, 0.29) is 24.9 Å². The van der Waals surface area contributed by atoms with Crippen molar-refractivity contribution < 1.29 is 18.7 Å². The van der Waals surface area contributed by atoms with Crippen molar-refractivity contribution in [3.05, 3.63) is 23.7 Å². The number of likely N-dealkylation sites (tertiary alicyclic amines) is 1. The topological polar surface area (TPSA) is 83.8 Å². The number of ether oxygens (including phenoxy) is 1. The summed E-state index contributed by atoms with van der Waals surface area (Å²) in [5.41, 5.74) is 0. The molecule has 1 aliphatic heterocycles. The number of aryl methyl sites for hydroxylation is 1. The molecular formula is C17H27N3O4. The van der Waals surface area contributed by atoms with Crippen LogP contribution >= 0.6 is 0 Å². The van der Waals surface area contributed by atoms with E-state index in [4.69, 9.17) is 9.15 Å². The molecule has 0 aromatic carbocycles. The van der Waals surface area contributed by atoms with Gasteiger partial charge in [-0.1, -0.05) is 0 Å². The second-order valence-electron chi connectivity index (χ2n) is 5.91. The summed E-state index contributed by atoms with van der Waals surface area (Å²) in [6.07, 6.45) is 2.08. The maximum atomic E-state index is 12.0. The molecule has 2 rings (SSSR count). The molecule has 0 spiro atoms. The second kappa shape index (κ2) is 9.32. The summed E-state index contributed by atoms with van der Waals surface area (Å²) in [6.45, 7) is 6.78. The summed E-state index contributed by atoms with van der Waals surface area (Å²) in [5, 5.41) is 5.48. The first-order chi connectivity index (χ1) is 11.6. The molecule has 2 N–H and O–H groups in total. The molecule has 1 aliphatic rings. The monoisotopic (exact) mass is 337 g/mol. The molecule has 1 aromatic heterocycles. The Morgan fingerprint density at radius 3 is 2.67 bits per heavy atom. The van der Waals surface area contributed by atoms with E-state index in [9.17, 15) is 9.59 Å². The smallest absolute Gasteiger partial charge is 0.407 e. The van der Waals surface area contributed by atoms with Crippen molar-refractivity contribution in [3.8, 4) is 0 Å². The highest BCUT2D eigenvalue weighted by Gasteiger charge is 2.26. The van der Waals surface area contributed by atoms with Gasteiger partial charge in [-0.2, -0.15) is 0 Å². The number of hydrogen-bond acceptors (Lipinski definition) is 5. The van der Waals surface area contributed by atoms with Gasteiger partial charge in [0.05, 0.1) is 12.6 Å². The van der Waals surface area contributed by atoms with Crippen molar-refractivity contribution in [2.75, 3.05) is 32.8 Å². The Balaban J connectivity index is 1.79. The third-order valence-corrected chi connectivity index (χ3v) is 4.06. The van der Waals surface area contributed by atoms with Crippen LogP contribution in [0.25, 0.3) is 0 Å². The highest BCUT2D eigenvalue weighted by atomic mass is 16.5. The largest absolute Gasteiger partial charge is 0.465 e. The Morgan fingerprint density at radius 2 is 2.04 bits per heavy atom. The first-order valence-corrected chi connectivity index (χ1v) is 8.58. The van der Waals surface area contributed by atoms with Crippen molar-refractivity contribution in [3.63, 3.8) is 0 Å². The normalized spacial score (nSPS) is 15.9. The fourth-order valence-corrected chi connectivity index (χ4v) is 2.85. The zero-order valence-electron chi connectivity index (χ0n) is 14.5. The van der Waals surface area contributed by atoms with Gasteiger partial charge in [-0.25, -0.2) is 4.79 Å². The SMILES string of the molecule is CCOC(=O)NCCC(=O)NC[C@@H](c1ccc(C)o1)N1CCCC1. The van der Waals surface area contributed by atoms with Gasteiger partial charge >= 0.3 is 6.09 Å². The van der Waals surface area contributed by atoms with Crippen LogP contribution in [0.15, 0.2) is 16.5 Å². The van der Waals surface area contributed by atoms with E-state index in [0.29, 0.717) is 13.2 Å². The van der Waals surface area contributed by atoms with Crippen LogP contribution in [0.2, 0.25) is 0 Å². The lowest BCUT2D eigenvalue weighted by Crippen LogP contribution is -2.38. The van der Waals surface area contributed by atoms with Gasteiger partial charge in [0.1, 0.15) is 11.5 Å². The summed E-state index contributed by atoms with van der Waals surface area (Å²) in [6, 6.07) is 3.99. The molecule has 0 aliphatic carbocycles. The summed E-state index contributed by atoms with van der Waals surface area (Å²) < 4.78 is 10.5. The molecule has 2 amide bonds. The average molecular weight is 337 g/mol. The molecule has 1 saturated heterocycles. The standard InChI is InChI=1S/C17H27N3O4/c1-3-23-17(22)18-9-8-16(21)19-12-14(20-10-4-5-11-20)15-7-6-13(2)24-15/h6-7,14H,3-5,8-12H2,1-2H3,(H,18,22)(H,19,21)/t14-/m0/s1. The summed E-state index contributed by atoms with van der Waals surface area (Å²) in [7, 11) is 0. The van der Waals surface area contributed by atoms with Gasteiger partial charge in [-0.05, 0) is 51.9 Å². The van der Waals surface area contributed by atoms with Crippen LogP contribution < -0.4 is 10.6 Å². The van der Waals surface area contributed by atoms with Gasteiger partial charge in [0, 0.05) is 19.5 Å². The number of furan rings is 1. The minimum Gasteiger partial charge on any atom is -0.465 e. The molecule has 0 bridgehead atoms. The third-order valence-electron chi connectivity index (χ3n) is 4.06. The summed E-state index contributed by atoms with van der Waals surface area (Å²) in [5.74, 6) is 1.66. The summed E-state index contributed by atoms with van der Waals surface area (Å²) >= 11 is 0. The molecule has 0 saturated carbocycles. The van der Waals surface area contributed by atoms with Crippen LogP contribution in [0.1, 0.15) is 43.7 Å². The van der Waals surface area contributed by atoms with E-state index in [0.717, 1.165) is 24.6 Å². The van der Waals surface area contributed by atoms with Crippen LogP contribution in [0.4, 0.5) is 4.79 Å². The van der Waals surface area contributed by atoms with Gasteiger partial charge in [-0.15, -0.1) is 0 Å². The maximum absolute atomic E-state index is 12.0. The zero-order chi connectivity index (χ0) is 17.4. The minimum atomic E-state index is -0.494. The molecule has 7 heteroatoms. The second-order valence-corrected chi connectivity index (χ2v) is 5.91. The lowest BCUT2D eigenvalue weighted by Gasteiger charge is -2.26. The highest BCUT2D eigenvalue weighted by Crippen LogP contribution is 2.26. The van der Waals surface area contributed by atoms with E-state index in [1.165, 1.54) is 12.8 Å². The maximum Gasteiger partial charge on any atom is 0.407 e. The minimum absolute atomic E-state index is 0.0585. The summed E-state index contributed by atoms with van der Waals surface area (Å²) in [4.78, 5) is 25.5. The number of carbonyl (C=O) groups is 2. The molecule has 1 fully saturated rings. The zero-order valence-corrected chi connectivity index (χ0v) is 14.5. The molecule has 134 valence electrons. The lowest BCUT2D eigenvalue weighted by molar-refractivity contribution is -0.121. The van der Waals surface area contributed by atoms with Crippen LogP contribution in [0.3, 0.4) is 0 Å². The van der Waals surface area contributed by atoms with Crippen LogP contribution in [-0.2, 0) is 9.53 Å². The third kappa shape index (κ3) is 5.56. The fraction of sp³-hybridized carbons (Fsp3) is 0.647. The van der Waals surface area contributed by atoms with E-state index in [2.05, 4.69) is 15.5 Å². The molecule has 0 unspecified atom stereocenters. The van der Waals surface area contributed by atoms with Crippen molar-refractivity contribution in [1.29, 1.82) is 0 Å².